The molecule has 4 rings (SSSR count). The van der Waals surface area contributed by atoms with Crippen molar-refractivity contribution in [3.63, 3.8) is 0 Å². The van der Waals surface area contributed by atoms with Gasteiger partial charge < -0.3 is 9.88 Å². The number of allylic oxidation sites excluding steroid dienone is 1. The number of nitrogens with one attached hydrogen (secondary N) is 1. The topological polar surface area (TPSA) is 103 Å². The van der Waals surface area contributed by atoms with Crippen molar-refractivity contribution in [2.45, 2.75) is 26.2 Å². The number of carbonyl (C=O) groups excluding carboxylic acids is 1. The van der Waals surface area contributed by atoms with Crippen LogP contribution in [-0.4, -0.2) is 28.8 Å². The predicted molar refractivity (Wildman–Crippen MR) is 120 cm³/mol. The fraction of sp³-hybridized carbons (Fsp3) is 0.250. The molecule has 0 unspecified atom stereocenters. The van der Waals surface area contributed by atoms with Crippen LogP contribution in [0.25, 0.3) is 17.0 Å². The molecule has 7 heteroatoms. The van der Waals surface area contributed by atoms with Crippen molar-refractivity contribution < 1.29 is 9.72 Å². The maximum atomic E-state index is 13.2. The lowest BCUT2D eigenvalue weighted by Crippen LogP contribution is -2.29. The summed E-state index contributed by atoms with van der Waals surface area (Å²) in [7, 11) is 0. The van der Waals surface area contributed by atoms with E-state index >= 15 is 0 Å². The molecule has 1 saturated heterocycles. The third kappa shape index (κ3) is 3.92. The molecule has 1 aliphatic heterocycles. The number of anilines is 1. The van der Waals surface area contributed by atoms with Gasteiger partial charge in [0, 0.05) is 35.8 Å². The molecule has 2 aromatic carbocycles. The van der Waals surface area contributed by atoms with E-state index in [1.807, 2.05) is 35.2 Å². The molecule has 0 amide bonds. The number of carbonyl (C=O) groups is 1. The lowest BCUT2D eigenvalue weighted by Gasteiger charge is -2.28. The Morgan fingerprint density at radius 1 is 1.19 bits per heavy atom. The maximum absolute atomic E-state index is 13.2. The number of hydrogen-bond acceptors (Lipinski definition) is 5. The van der Waals surface area contributed by atoms with Gasteiger partial charge in [0.05, 0.1) is 10.5 Å². The standard InChI is InChI=1S/C24H22N4O3/c1-16-23(19-7-3-4-8-20(19)26-16)24(29)18(15-25)13-17-9-10-21(22(14-17)28(30)31)27-11-5-2-6-12-27/h3-4,7-10,13-14,26H,2,5-6,11-12H2,1H3. The van der Waals surface area contributed by atoms with Crippen molar-refractivity contribution >= 4 is 34.1 Å². The van der Waals surface area contributed by atoms with Crippen LogP contribution in [0.1, 0.15) is 40.9 Å². The number of piperidine rings is 1. The number of aryl methyl sites for hydroxylation is 1. The van der Waals surface area contributed by atoms with Crippen molar-refractivity contribution in [3.8, 4) is 6.07 Å². The summed E-state index contributed by atoms with van der Waals surface area (Å²) in [5, 5.41) is 22.1. The third-order valence-electron chi connectivity index (χ3n) is 5.69. The number of nitriles is 1. The summed E-state index contributed by atoms with van der Waals surface area (Å²) >= 11 is 0. The molecule has 0 bridgehead atoms. The normalized spacial score (nSPS) is 14.5. The molecule has 0 atom stereocenters. The van der Waals surface area contributed by atoms with Gasteiger partial charge in [-0.1, -0.05) is 24.3 Å². The average molecular weight is 414 g/mol. The van der Waals surface area contributed by atoms with Crippen molar-refractivity contribution in [2.75, 3.05) is 18.0 Å². The Labute approximate surface area is 179 Å². The number of nitrogens with zero attached hydrogens (tertiary/aromatic N) is 3. The van der Waals surface area contributed by atoms with Crippen LogP contribution >= 0.6 is 0 Å². The van der Waals surface area contributed by atoms with Gasteiger partial charge in [-0.25, -0.2) is 0 Å². The molecule has 3 aromatic rings. The van der Waals surface area contributed by atoms with E-state index in [1.54, 1.807) is 19.1 Å². The molecule has 7 nitrogen and oxygen atoms in total. The Morgan fingerprint density at radius 3 is 2.65 bits per heavy atom. The van der Waals surface area contributed by atoms with Crippen LogP contribution in [0, 0.1) is 28.4 Å². The molecule has 1 fully saturated rings. The van der Waals surface area contributed by atoms with Crippen molar-refractivity contribution in [1.29, 1.82) is 5.26 Å². The van der Waals surface area contributed by atoms with Gasteiger partial charge in [-0.2, -0.15) is 5.26 Å². The van der Waals surface area contributed by atoms with Gasteiger partial charge in [-0.15, -0.1) is 0 Å². The van der Waals surface area contributed by atoms with Gasteiger partial charge >= 0.3 is 0 Å². The van der Waals surface area contributed by atoms with Gasteiger partial charge in [0.2, 0.25) is 5.78 Å². The summed E-state index contributed by atoms with van der Waals surface area (Å²) in [5.74, 6) is -0.403. The SMILES string of the molecule is Cc1[nH]c2ccccc2c1C(=O)C(C#N)=Cc1ccc(N2CCCCC2)c([N+](=O)[O-])c1. The van der Waals surface area contributed by atoms with Crippen molar-refractivity contribution in [1.82, 2.24) is 4.98 Å². The monoisotopic (exact) mass is 414 g/mol. The first kappa shape index (κ1) is 20.4. The Hall–Kier alpha value is -3.92. The summed E-state index contributed by atoms with van der Waals surface area (Å²) < 4.78 is 0. The predicted octanol–water partition coefficient (Wildman–Crippen LogP) is 5.16. The summed E-state index contributed by atoms with van der Waals surface area (Å²) in [6, 6.07) is 14.3. The van der Waals surface area contributed by atoms with Crippen LogP contribution in [0.3, 0.4) is 0 Å². The Kier molecular flexibility index (Phi) is 5.54. The number of nitro groups is 1. The fourth-order valence-corrected chi connectivity index (χ4v) is 4.20. The van der Waals surface area contributed by atoms with Gasteiger partial charge in [-0.05, 0) is 50.0 Å². The van der Waals surface area contributed by atoms with Crippen molar-refractivity contribution in [2.24, 2.45) is 0 Å². The minimum atomic E-state index is -0.404. The van der Waals surface area contributed by atoms with E-state index in [-0.39, 0.29) is 11.3 Å². The van der Waals surface area contributed by atoms with E-state index in [2.05, 4.69) is 4.98 Å². The van der Waals surface area contributed by atoms with Gasteiger partial charge in [-0.3, -0.25) is 14.9 Å². The number of benzene rings is 2. The minimum Gasteiger partial charge on any atom is -0.366 e. The van der Waals surface area contributed by atoms with Gasteiger partial charge in [0.15, 0.2) is 0 Å². The van der Waals surface area contributed by atoms with Gasteiger partial charge in [0.1, 0.15) is 17.3 Å². The summed E-state index contributed by atoms with van der Waals surface area (Å²) in [4.78, 5) is 29.7. The van der Waals surface area contributed by atoms with E-state index in [9.17, 15) is 20.2 Å². The maximum Gasteiger partial charge on any atom is 0.293 e. The molecule has 156 valence electrons. The van der Waals surface area contributed by atoms with Crippen molar-refractivity contribution in [3.05, 3.63) is 75.0 Å². The third-order valence-corrected chi connectivity index (χ3v) is 5.69. The fourth-order valence-electron chi connectivity index (χ4n) is 4.20. The molecule has 1 N–H and O–H groups in total. The van der Waals surface area contributed by atoms with Crippen LogP contribution in [-0.2, 0) is 0 Å². The van der Waals surface area contributed by atoms with Crippen LogP contribution in [0.4, 0.5) is 11.4 Å². The second kappa shape index (κ2) is 8.44. The molecular formula is C24H22N4O3. The largest absolute Gasteiger partial charge is 0.366 e. The first-order chi connectivity index (χ1) is 15.0. The molecule has 0 aliphatic carbocycles. The molecule has 0 radical (unpaired) electrons. The van der Waals surface area contributed by atoms with Crippen LogP contribution < -0.4 is 4.90 Å². The number of nitro benzene ring substituents is 1. The zero-order valence-corrected chi connectivity index (χ0v) is 17.2. The lowest BCUT2D eigenvalue weighted by atomic mass is 9.99. The summed E-state index contributed by atoms with van der Waals surface area (Å²) in [5.41, 5.74) is 2.91. The molecule has 31 heavy (non-hydrogen) atoms. The highest BCUT2D eigenvalue weighted by molar-refractivity contribution is 6.20. The number of Topliss-reactive ketones (excluding diaryl/α,β-unsaturated/α-hetero) is 1. The quantitative estimate of drug-likeness (QED) is 0.204. The smallest absolute Gasteiger partial charge is 0.293 e. The second-order valence-electron chi connectivity index (χ2n) is 7.72. The van der Waals surface area contributed by atoms with E-state index in [1.165, 1.54) is 12.1 Å². The molecule has 0 saturated carbocycles. The number of aromatic nitrogens is 1. The molecular weight excluding hydrogens is 392 g/mol. The highest BCUT2D eigenvalue weighted by Gasteiger charge is 2.23. The van der Waals surface area contributed by atoms with E-state index in [0.29, 0.717) is 22.5 Å². The number of aromatic amines is 1. The molecule has 1 aliphatic rings. The number of para-hydroxylation sites is 1. The summed E-state index contributed by atoms with van der Waals surface area (Å²) in [6.45, 7) is 3.37. The van der Waals surface area contributed by atoms with Crippen LogP contribution in [0.5, 0.6) is 0 Å². The zero-order chi connectivity index (χ0) is 22.0. The molecule has 2 heterocycles. The van der Waals surface area contributed by atoms with E-state index in [4.69, 9.17) is 0 Å². The van der Waals surface area contributed by atoms with Crippen LogP contribution in [0.2, 0.25) is 0 Å². The number of H-pyrrole nitrogens is 1. The molecule has 1 aromatic heterocycles. The first-order valence-corrected chi connectivity index (χ1v) is 10.3. The Morgan fingerprint density at radius 2 is 1.94 bits per heavy atom. The number of hydrogen-bond donors (Lipinski definition) is 1. The van der Waals surface area contributed by atoms with E-state index < -0.39 is 10.7 Å². The minimum absolute atomic E-state index is 0.0105. The highest BCUT2D eigenvalue weighted by Crippen LogP contribution is 2.32. The number of rotatable bonds is 5. The Bertz CT molecular complexity index is 1240. The average Bonchev–Trinajstić information content (AvgIpc) is 3.13. The van der Waals surface area contributed by atoms with E-state index in [0.717, 1.165) is 43.3 Å². The summed E-state index contributed by atoms with van der Waals surface area (Å²) in [6.07, 6.45) is 4.58. The van der Waals surface area contributed by atoms with Gasteiger partial charge in [0.25, 0.3) is 5.69 Å². The van der Waals surface area contributed by atoms with Crippen LogP contribution in [0.15, 0.2) is 48.0 Å². The number of ketones is 1. The zero-order valence-electron chi connectivity index (χ0n) is 17.2. The highest BCUT2D eigenvalue weighted by atomic mass is 16.6. The second-order valence-corrected chi connectivity index (χ2v) is 7.72. The lowest BCUT2D eigenvalue weighted by molar-refractivity contribution is -0.384. The molecule has 0 spiro atoms. The first-order valence-electron chi connectivity index (χ1n) is 10.3. The Balaban J connectivity index is 1.73. The number of fused-ring (bicyclic) bond motifs is 1.